The first-order valence-corrected chi connectivity index (χ1v) is 21.3. The first-order chi connectivity index (χ1) is 29.3. The predicted octanol–water partition coefficient (Wildman–Crippen LogP) is 13.6. The standard InChI is InChI=1S/C56H52N4O.Pt/c1-38(2)30-39-26-27-57-53(31-39)60-51-23-13-12-20-49(51)50-25-24-46(36-52(50)60)61-45-19-14-18-44(35-45)58-28-29-59(37-58)54-47(40-16-10-9-11-17-40)21-15-22-48(54)41-32-42(55(3,4)5)34-43(33-41)56(6,7)8;/h9-29,31-34,38H,30H2,1-8H3;/q-2;. The molecule has 0 radical (unpaired) electrons. The fourth-order valence-electron chi connectivity index (χ4n) is 8.22. The molecule has 0 atom stereocenters. The van der Waals surface area contributed by atoms with Crippen LogP contribution in [0.3, 0.4) is 0 Å². The number of para-hydroxylation sites is 2. The van der Waals surface area contributed by atoms with Crippen LogP contribution in [0.1, 0.15) is 72.1 Å². The zero-order valence-electron chi connectivity index (χ0n) is 36.7. The van der Waals surface area contributed by atoms with Crippen molar-refractivity contribution >= 4 is 21.8 Å². The molecule has 0 aliphatic heterocycles. The molecule has 0 unspecified atom stereocenters. The van der Waals surface area contributed by atoms with E-state index < -0.39 is 0 Å². The summed E-state index contributed by atoms with van der Waals surface area (Å²) in [5.41, 5.74) is 12.3. The monoisotopic (exact) mass is 991 g/mol. The summed E-state index contributed by atoms with van der Waals surface area (Å²) in [6.45, 7) is 18.2. The molecule has 0 bridgehead atoms. The quantitative estimate of drug-likeness (QED) is 0.107. The summed E-state index contributed by atoms with van der Waals surface area (Å²) in [6, 6.07) is 54.3. The fourth-order valence-corrected chi connectivity index (χ4v) is 8.22. The van der Waals surface area contributed by atoms with E-state index in [-0.39, 0.29) is 31.9 Å². The van der Waals surface area contributed by atoms with Crippen LogP contribution in [0.15, 0.2) is 152 Å². The Morgan fingerprint density at radius 3 is 2.06 bits per heavy atom. The van der Waals surface area contributed by atoms with E-state index in [0.29, 0.717) is 17.4 Å². The summed E-state index contributed by atoms with van der Waals surface area (Å²) in [4.78, 5) is 4.83. The molecule has 6 heteroatoms. The Morgan fingerprint density at radius 1 is 0.661 bits per heavy atom. The number of hydrogen-bond donors (Lipinski definition) is 0. The maximum atomic E-state index is 6.56. The van der Waals surface area contributed by atoms with Gasteiger partial charge in [0.25, 0.3) is 6.33 Å². The van der Waals surface area contributed by atoms with Gasteiger partial charge in [-0.1, -0.05) is 146 Å². The predicted molar refractivity (Wildman–Crippen MR) is 249 cm³/mol. The van der Waals surface area contributed by atoms with Crippen molar-refractivity contribution in [1.29, 1.82) is 0 Å². The molecule has 0 N–H and O–H groups in total. The molecule has 9 rings (SSSR count). The van der Waals surface area contributed by atoms with E-state index in [4.69, 9.17) is 9.72 Å². The van der Waals surface area contributed by atoms with Gasteiger partial charge >= 0.3 is 0 Å². The number of fused-ring (bicyclic) bond motifs is 3. The molecule has 62 heavy (non-hydrogen) atoms. The summed E-state index contributed by atoms with van der Waals surface area (Å²) in [5.74, 6) is 2.60. The van der Waals surface area contributed by atoms with Crippen LogP contribution in [0, 0.1) is 24.4 Å². The number of imidazole rings is 1. The maximum Gasteiger partial charge on any atom is 0.267 e. The average molecular weight is 992 g/mol. The van der Waals surface area contributed by atoms with Crippen LogP contribution in [0.5, 0.6) is 11.5 Å². The molecule has 0 amide bonds. The molecule has 0 fully saturated rings. The van der Waals surface area contributed by atoms with Crippen molar-refractivity contribution in [2.75, 3.05) is 0 Å². The minimum atomic E-state index is -0.0169. The number of nitrogens with zero attached hydrogens (tertiary/aromatic N) is 4. The second-order valence-corrected chi connectivity index (χ2v) is 18.6. The van der Waals surface area contributed by atoms with Crippen molar-refractivity contribution in [3.63, 3.8) is 0 Å². The third kappa shape index (κ3) is 8.56. The van der Waals surface area contributed by atoms with Crippen molar-refractivity contribution in [3.05, 3.63) is 187 Å². The Bertz CT molecular complexity index is 3000. The fraction of sp³-hybridized carbons (Fsp3) is 0.214. The molecular weight excluding hydrogens is 940 g/mol. The van der Waals surface area contributed by atoms with Crippen LogP contribution >= 0.6 is 0 Å². The van der Waals surface area contributed by atoms with Crippen molar-refractivity contribution in [3.8, 4) is 50.9 Å². The van der Waals surface area contributed by atoms with Crippen LogP contribution in [-0.4, -0.2) is 14.1 Å². The molecule has 3 heterocycles. The van der Waals surface area contributed by atoms with Gasteiger partial charge in [-0.05, 0) is 91.4 Å². The van der Waals surface area contributed by atoms with E-state index in [0.717, 1.165) is 62.1 Å². The summed E-state index contributed by atoms with van der Waals surface area (Å²) >= 11 is 0. The summed E-state index contributed by atoms with van der Waals surface area (Å²) in [7, 11) is 0. The molecule has 0 saturated heterocycles. The molecule has 6 aromatic carbocycles. The first-order valence-electron chi connectivity index (χ1n) is 21.3. The average Bonchev–Trinajstić information content (AvgIpc) is 3.86. The molecule has 0 saturated carbocycles. The second-order valence-electron chi connectivity index (χ2n) is 18.6. The summed E-state index contributed by atoms with van der Waals surface area (Å²) in [6.07, 6.45) is 10.7. The molecule has 3 aromatic heterocycles. The van der Waals surface area contributed by atoms with Gasteiger partial charge in [-0.2, -0.15) is 18.2 Å². The minimum Gasteiger partial charge on any atom is -0.510 e. The number of aromatic nitrogens is 4. The second kappa shape index (κ2) is 17.0. The van der Waals surface area contributed by atoms with Gasteiger partial charge in [-0.3, -0.25) is 4.57 Å². The molecule has 314 valence electrons. The Hall–Kier alpha value is -6.03. The molecule has 0 aliphatic rings. The van der Waals surface area contributed by atoms with Crippen LogP contribution in [-0.2, 0) is 38.3 Å². The van der Waals surface area contributed by atoms with Gasteiger partial charge in [0.05, 0.1) is 5.69 Å². The van der Waals surface area contributed by atoms with Crippen molar-refractivity contribution < 1.29 is 30.4 Å². The first kappa shape index (κ1) is 42.7. The number of rotatable bonds is 9. The number of ether oxygens (including phenoxy) is 1. The van der Waals surface area contributed by atoms with Gasteiger partial charge in [0.15, 0.2) is 0 Å². The number of hydrogen-bond acceptors (Lipinski definition) is 2. The molecule has 5 nitrogen and oxygen atoms in total. The SMILES string of the molecule is CC(C)Cc1ccnc(-n2c3[c-]c(Oc4[c-]c(-n5[c-][n+](-c6c(-c7ccccc7)cccc6-c6cc(C(C)(C)C)cc(C(C)(C)C)c6)cc5)ccc4)ccc3c3ccccc32)c1.[Pt]. The zero-order chi connectivity index (χ0) is 42.5. The Kier molecular flexibility index (Phi) is 11.7. The third-order valence-corrected chi connectivity index (χ3v) is 11.4. The van der Waals surface area contributed by atoms with E-state index in [1.54, 1.807) is 0 Å². The summed E-state index contributed by atoms with van der Waals surface area (Å²) < 4.78 is 12.8. The molecule has 0 aliphatic carbocycles. The molecule has 0 spiro atoms. The van der Waals surface area contributed by atoms with Gasteiger partial charge in [-0.25, -0.2) is 4.98 Å². The minimum absolute atomic E-state index is 0. The zero-order valence-corrected chi connectivity index (χ0v) is 39.0. The van der Waals surface area contributed by atoms with Crippen LogP contribution in [0.2, 0.25) is 0 Å². The largest absolute Gasteiger partial charge is 0.510 e. The number of benzene rings is 6. The van der Waals surface area contributed by atoms with E-state index in [1.165, 1.54) is 22.3 Å². The van der Waals surface area contributed by atoms with Crippen molar-refractivity contribution in [2.24, 2.45) is 5.92 Å². The topological polar surface area (TPSA) is 35.9 Å². The van der Waals surface area contributed by atoms with Gasteiger partial charge in [-0.15, -0.1) is 29.7 Å². The van der Waals surface area contributed by atoms with Gasteiger partial charge in [0.1, 0.15) is 5.82 Å². The van der Waals surface area contributed by atoms with E-state index in [9.17, 15) is 0 Å². The van der Waals surface area contributed by atoms with E-state index >= 15 is 0 Å². The Balaban J connectivity index is 0.00000529. The van der Waals surface area contributed by atoms with Crippen LogP contribution < -0.4 is 9.30 Å². The smallest absolute Gasteiger partial charge is 0.267 e. The van der Waals surface area contributed by atoms with Crippen molar-refractivity contribution in [2.45, 2.75) is 72.6 Å². The Labute approximate surface area is 381 Å². The van der Waals surface area contributed by atoms with Gasteiger partial charge in [0.2, 0.25) is 0 Å². The van der Waals surface area contributed by atoms with Crippen molar-refractivity contribution in [1.82, 2.24) is 14.1 Å². The number of pyridine rings is 1. The van der Waals surface area contributed by atoms with Gasteiger partial charge < -0.3 is 13.9 Å². The third-order valence-electron chi connectivity index (χ3n) is 11.4. The molecule has 9 aromatic rings. The normalized spacial score (nSPS) is 12.0. The van der Waals surface area contributed by atoms with E-state index in [1.807, 2.05) is 41.2 Å². The van der Waals surface area contributed by atoms with Crippen LogP contribution in [0.4, 0.5) is 0 Å². The maximum absolute atomic E-state index is 6.56. The Morgan fingerprint density at radius 2 is 1.34 bits per heavy atom. The summed E-state index contributed by atoms with van der Waals surface area (Å²) in [5, 5.41) is 2.24. The van der Waals surface area contributed by atoms with Crippen LogP contribution in [0.25, 0.3) is 61.3 Å². The van der Waals surface area contributed by atoms with E-state index in [2.05, 4.69) is 198 Å². The van der Waals surface area contributed by atoms with Gasteiger partial charge in [0, 0.05) is 56.7 Å². The molecular formula is C56H52N4OPt-2.